The molecule has 4 aromatic rings. The monoisotopic (exact) mass is 507 g/mol. The first-order valence-corrected chi connectivity index (χ1v) is 12.8. The zero-order valence-electron chi connectivity index (χ0n) is 20.9. The van der Waals surface area contributed by atoms with E-state index >= 15 is 0 Å². The first kappa shape index (κ1) is 25.1. The van der Waals surface area contributed by atoms with Crippen LogP contribution >= 0.6 is 0 Å². The number of Topliss-reactive ketones (excluding diaryl/α,β-unsaturated/α-hetero) is 1. The smallest absolute Gasteiger partial charge is 0.289 e. The molecule has 1 fully saturated rings. The number of hydrogen-bond acceptors (Lipinski definition) is 5. The normalized spacial score (nSPS) is 14.1. The topological polar surface area (TPSA) is 106 Å². The van der Waals surface area contributed by atoms with E-state index in [9.17, 15) is 14.4 Å². The lowest BCUT2D eigenvalue weighted by molar-refractivity contribution is -0.139. The summed E-state index contributed by atoms with van der Waals surface area (Å²) in [4.78, 5) is 44.0. The molecule has 38 heavy (non-hydrogen) atoms. The van der Waals surface area contributed by atoms with Crippen molar-refractivity contribution in [3.8, 4) is 17.1 Å². The molecule has 8 heteroatoms. The Morgan fingerprint density at radius 1 is 0.895 bits per heavy atom. The van der Waals surface area contributed by atoms with Gasteiger partial charge in [-0.15, -0.1) is 0 Å². The van der Waals surface area contributed by atoms with Gasteiger partial charge < -0.3 is 10.6 Å². The van der Waals surface area contributed by atoms with Crippen molar-refractivity contribution >= 4 is 17.6 Å². The average molecular weight is 508 g/mol. The van der Waals surface area contributed by atoms with E-state index in [1.165, 1.54) is 4.68 Å². The summed E-state index contributed by atoms with van der Waals surface area (Å²) in [5.74, 6) is -1.50. The Bertz CT molecular complexity index is 1410. The van der Waals surface area contributed by atoms with Crippen LogP contribution in [0.1, 0.15) is 41.6 Å². The van der Waals surface area contributed by atoms with Gasteiger partial charge in [0.2, 0.25) is 5.78 Å². The Balaban J connectivity index is 1.38. The molecule has 0 aliphatic heterocycles. The fourth-order valence-electron chi connectivity index (χ4n) is 4.74. The van der Waals surface area contributed by atoms with Gasteiger partial charge in [0.05, 0.1) is 11.3 Å². The van der Waals surface area contributed by atoms with Gasteiger partial charge in [0, 0.05) is 30.4 Å². The lowest BCUT2D eigenvalue weighted by Gasteiger charge is -2.20. The maximum absolute atomic E-state index is 13.5. The zero-order valence-corrected chi connectivity index (χ0v) is 20.9. The second-order valence-electron chi connectivity index (χ2n) is 9.42. The van der Waals surface area contributed by atoms with E-state index in [0.717, 1.165) is 42.5 Å². The molecule has 8 nitrogen and oxygen atoms in total. The first-order chi connectivity index (χ1) is 18.6. The van der Waals surface area contributed by atoms with Crippen molar-refractivity contribution in [3.63, 3.8) is 0 Å². The lowest BCUT2D eigenvalue weighted by atomic mass is 10.0. The van der Waals surface area contributed by atoms with Gasteiger partial charge in [-0.1, -0.05) is 73.5 Å². The van der Waals surface area contributed by atoms with Gasteiger partial charge in [-0.25, -0.2) is 9.67 Å². The van der Waals surface area contributed by atoms with E-state index in [4.69, 9.17) is 0 Å². The van der Waals surface area contributed by atoms with Gasteiger partial charge in [0.25, 0.3) is 11.8 Å². The van der Waals surface area contributed by atoms with Gasteiger partial charge in [-0.05, 0) is 36.6 Å². The summed E-state index contributed by atoms with van der Waals surface area (Å²) >= 11 is 0. The van der Waals surface area contributed by atoms with Crippen molar-refractivity contribution in [2.45, 2.75) is 44.2 Å². The number of rotatable bonds is 9. The minimum absolute atomic E-state index is 0.00285. The number of amides is 2. The van der Waals surface area contributed by atoms with E-state index in [-0.39, 0.29) is 18.0 Å². The van der Waals surface area contributed by atoms with E-state index in [0.29, 0.717) is 5.82 Å². The highest BCUT2D eigenvalue weighted by Gasteiger charge is 2.30. The van der Waals surface area contributed by atoms with Crippen LogP contribution in [0.15, 0.2) is 91.3 Å². The molecular weight excluding hydrogens is 478 g/mol. The third kappa shape index (κ3) is 5.86. The van der Waals surface area contributed by atoms with Crippen molar-refractivity contribution in [2.24, 2.45) is 0 Å². The van der Waals surface area contributed by atoms with Crippen LogP contribution in [0.2, 0.25) is 0 Å². The van der Waals surface area contributed by atoms with Crippen LogP contribution in [-0.2, 0) is 16.0 Å². The average Bonchev–Trinajstić information content (AvgIpc) is 3.66. The van der Waals surface area contributed by atoms with Crippen LogP contribution in [0, 0.1) is 0 Å². The maximum Gasteiger partial charge on any atom is 0.289 e. The van der Waals surface area contributed by atoms with Gasteiger partial charge in [0.1, 0.15) is 6.04 Å². The van der Waals surface area contributed by atoms with Crippen molar-refractivity contribution in [1.29, 1.82) is 0 Å². The Hall–Kier alpha value is -4.59. The Morgan fingerprint density at radius 2 is 1.61 bits per heavy atom. The van der Waals surface area contributed by atoms with Crippen molar-refractivity contribution in [3.05, 3.63) is 102 Å². The maximum atomic E-state index is 13.5. The highest BCUT2D eigenvalue weighted by Crippen LogP contribution is 2.20. The summed E-state index contributed by atoms with van der Waals surface area (Å²) < 4.78 is 1.54. The third-order valence-corrected chi connectivity index (χ3v) is 6.73. The van der Waals surface area contributed by atoms with E-state index < -0.39 is 23.6 Å². The molecule has 1 aliphatic carbocycles. The summed E-state index contributed by atoms with van der Waals surface area (Å²) in [5, 5.41) is 10.3. The van der Waals surface area contributed by atoms with Gasteiger partial charge in [-0.2, -0.15) is 5.10 Å². The molecule has 2 heterocycles. The molecule has 2 amide bonds. The second-order valence-corrected chi connectivity index (χ2v) is 9.42. The van der Waals surface area contributed by atoms with Gasteiger partial charge in [-0.3, -0.25) is 14.4 Å². The summed E-state index contributed by atoms with van der Waals surface area (Å²) in [7, 11) is 0. The minimum Gasteiger partial charge on any atom is -0.347 e. The largest absolute Gasteiger partial charge is 0.347 e. The molecular formula is C30H29N5O3. The molecule has 0 saturated heterocycles. The summed E-state index contributed by atoms with van der Waals surface area (Å²) in [5.41, 5.74) is 2.77. The third-order valence-electron chi connectivity index (χ3n) is 6.73. The predicted molar refractivity (Wildman–Crippen MR) is 144 cm³/mol. The quantitative estimate of drug-likeness (QED) is 0.334. The standard InChI is InChI=1S/C30H29N5O3/c36-27(30(38)32-23-14-7-8-15-23)26(20-21-10-3-1-4-11-21)33-29(37)24-16-9-18-31-28(24)35-19-17-25(34-35)22-12-5-2-6-13-22/h1-6,9-13,16-19,23,26H,7-8,14-15,20H2,(H,32,38)(H,33,37). The number of hydrogen-bond donors (Lipinski definition) is 2. The highest BCUT2D eigenvalue weighted by molar-refractivity contribution is 6.38. The first-order valence-electron chi connectivity index (χ1n) is 12.8. The van der Waals surface area contributed by atoms with Gasteiger partial charge >= 0.3 is 0 Å². The number of aromatic nitrogens is 3. The SMILES string of the molecule is O=C(NC1CCCC1)C(=O)C(Cc1ccccc1)NC(=O)c1cccnc1-n1ccc(-c2ccccc2)n1. The Labute approximate surface area is 221 Å². The van der Waals surface area contributed by atoms with Crippen LogP contribution in [-0.4, -0.2) is 44.4 Å². The number of pyridine rings is 1. The summed E-state index contributed by atoms with van der Waals surface area (Å²) in [6, 6.07) is 23.1. The van der Waals surface area contributed by atoms with Crippen molar-refractivity contribution < 1.29 is 14.4 Å². The number of ketones is 1. The fraction of sp³-hybridized carbons (Fsp3) is 0.233. The van der Waals surface area contributed by atoms with E-state index in [2.05, 4.69) is 20.7 Å². The molecule has 1 atom stereocenters. The lowest BCUT2D eigenvalue weighted by Crippen LogP contribution is -2.50. The van der Waals surface area contributed by atoms with Gasteiger partial charge in [0.15, 0.2) is 5.82 Å². The molecule has 2 N–H and O–H groups in total. The van der Waals surface area contributed by atoms with Crippen LogP contribution < -0.4 is 10.6 Å². The number of benzene rings is 2. The number of nitrogens with one attached hydrogen (secondary N) is 2. The molecule has 1 aliphatic rings. The molecule has 1 saturated carbocycles. The molecule has 192 valence electrons. The van der Waals surface area contributed by atoms with Crippen LogP contribution in [0.4, 0.5) is 0 Å². The Kier molecular flexibility index (Phi) is 7.68. The molecule has 5 rings (SSSR count). The number of carbonyl (C=O) groups excluding carboxylic acids is 3. The number of carbonyl (C=O) groups is 3. The number of nitrogens with zero attached hydrogens (tertiary/aromatic N) is 3. The predicted octanol–water partition coefficient (Wildman–Crippen LogP) is 3.90. The zero-order chi connectivity index (χ0) is 26.3. The van der Waals surface area contributed by atoms with Crippen LogP contribution in [0.3, 0.4) is 0 Å². The molecule has 2 aromatic carbocycles. The van der Waals surface area contributed by atoms with Crippen LogP contribution in [0.25, 0.3) is 17.1 Å². The summed E-state index contributed by atoms with van der Waals surface area (Å²) in [6.45, 7) is 0. The van der Waals surface area contributed by atoms with E-state index in [1.54, 1.807) is 24.5 Å². The molecule has 0 bridgehead atoms. The minimum atomic E-state index is -1.03. The molecule has 0 spiro atoms. The second kappa shape index (κ2) is 11.6. The van der Waals surface area contributed by atoms with Crippen molar-refractivity contribution in [1.82, 2.24) is 25.4 Å². The summed E-state index contributed by atoms with van der Waals surface area (Å²) in [6.07, 6.45) is 7.31. The highest BCUT2D eigenvalue weighted by atomic mass is 16.2. The molecule has 0 radical (unpaired) electrons. The van der Waals surface area contributed by atoms with E-state index in [1.807, 2.05) is 66.7 Å². The Morgan fingerprint density at radius 3 is 2.34 bits per heavy atom. The molecule has 2 aromatic heterocycles. The van der Waals surface area contributed by atoms with Crippen LogP contribution in [0.5, 0.6) is 0 Å². The molecule has 1 unspecified atom stereocenters. The van der Waals surface area contributed by atoms with Crippen molar-refractivity contribution in [2.75, 3.05) is 0 Å². The fourth-order valence-corrected chi connectivity index (χ4v) is 4.74.